The Bertz CT molecular complexity index is 569. The van der Waals surface area contributed by atoms with Crippen molar-refractivity contribution in [1.29, 1.82) is 0 Å². The Morgan fingerprint density at radius 3 is 2.52 bits per heavy atom. The first-order valence-electron chi connectivity index (χ1n) is 6.58. The van der Waals surface area contributed by atoms with Crippen LogP contribution in [0.5, 0.6) is 0 Å². The minimum Gasteiger partial charge on any atom is -0.290 e. The van der Waals surface area contributed by atoms with E-state index in [0.717, 1.165) is 6.42 Å². The van der Waals surface area contributed by atoms with Crippen molar-refractivity contribution < 1.29 is 4.79 Å². The Labute approximate surface area is 143 Å². The maximum atomic E-state index is 12.0. The van der Waals surface area contributed by atoms with Crippen LogP contribution < -0.4 is 0 Å². The van der Waals surface area contributed by atoms with Gasteiger partial charge in [0.25, 0.3) is 0 Å². The van der Waals surface area contributed by atoms with Crippen molar-refractivity contribution >= 4 is 63.3 Å². The van der Waals surface area contributed by atoms with Crippen LogP contribution in [0.25, 0.3) is 0 Å². The number of hydrogen-bond donors (Lipinski definition) is 0. The lowest BCUT2D eigenvalue weighted by molar-refractivity contribution is -0.124. The van der Waals surface area contributed by atoms with Gasteiger partial charge in [0.15, 0.2) is 5.17 Å². The first-order chi connectivity index (χ1) is 9.92. The SMILES string of the molecule is CCC(C)CN1C(=O)CSC1=Nc1c(Cl)cc(Cl)cc1Cl. The minimum atomic E-state index is 0.0697. The van der Waals surface area contributed by atoms with Crippen molar-refractivity contribution in [3.8, 4) is 0 Å². The molecule has 1 saturated heterocycles. The van der Waals surface area contributed by atoms with Crippen LogP contribution in [0.2, 0.25) is 15.1 Å². The average molecular weight is 366 g/mol. The molecule has 1 unspecified atom stereocenters. The van der Waals surface area contributed by atoms with Crippen LogP contribution in [0.1, 0.15) is 20.3 Å². The van der Waals surface area contributed by atoms with Crippen molar-refractivity contribution in [2.45, 2.75) is 20.3 Å². The zero-order valence-corrected chi connectivity index (χ0v) is 14.8. The summed E-state index contributed by atoms with van der Waals surface area (Å²) in [4.78, 5) is 18.2. The second-order valence-electron chi connectivity index (χ2n) is 4.92. The third-order valence-corrected chi connectivity index (χ3v) is 4.99. The maximum Gasteiger partial charge on any atom is 0.239 e. The number of aliphatic imine (C=N–C) groups is 1. The van der Waals surface area contributed by atoms with Gasteiger partial charge in [-0.25, -0.2) is 4.99 Å². The van der Waals surface area contributed by atoms with Gasteiger partial charge in [0.05, 0.1) is 15.8 Å². The van der Waals surface area contributed by atoms with E-state index in [2.05, 4.69) is 18.8 Å². The standard InChI is InChI=1S/C14H15Cl3N2OS/c1-3-8(2)6-19-12(20)7-21-14(19)18-13-10(16)4-9(15)5-11(13)17/h4-5,8H,3,6-7H2,1-2H3. The molecule has 1 aromatic rings. The molecule has 0 aliphatic carbocycles. The number of rotatable bonds is 4. The molecule has 21 heavy (non-hydrogen) atoms. The summed E-state index contributed by atoms with van der Waals surface area (Å²) in [5, 5.41) is 1.86. The predicted molar refractivity (Wildman–Crippen MR) is 92.2 cm³/mol. The number of hydrogen-bond acceptors (Lipinski definition) is 3. The third kappa shape index (κ3) is 4.07. The van der Waals surface area contributed by atoms with Crippen molar-refractivity contribution in [2.75, 3.05) is 12.3 Å². The lowest BCUT2D eigenvalue weighted by Gasteiger charge is -2.20. The number of thioether (sulfide) groups is 1. The Kier molecular flexibility index (Phi) is 5.83. The van der Waals surface area contributed by atoms with Crippen LogP contribution in [0, 0.1) is 5.92 Å². The highest BCUT2D eigenvalue weighted by Crippen LogP contribution is 2.37. The normalized spacial score (nSPS) is 18.6. The minimum absolute atomic E-state index is 0.0697. The van der Waals surface area contributed by atoms with E-state index in [1.54, 1.807) is 17.0 Å². The Balaban J connectivity index is 2.33. The molecule has 0 spiro atoms. The first kappa shape index (κ1) is 16.9. The van der Waals surface area contributed by atoms with Gasteiger partial charge in [0.1, 0.15) is 5.69 Å². The summed E-state index contributed by atoms with van der Waals surface area (Å²) in [6.07, 6.45) is 1.00. The van der Waals surface area contributed by atoms with Gasteiger partial charge in [-0.2, -0.15) is 0 Å². The average Bonchev–Trinajstić information content (AvgIpc) is 2.75. The van der Waals surface area contributed by atoms with Crippen molar-refractivity contribution in [1.82, 2.24) is 4.90 Å². The smallest absolute Gasteiger partial charge is 0.239 e. The molecule has 1 atom stereocenters. The molecule has 1 aliphatic heterocycles. The number of benzene rings is 1. The highest BCUT2D eigenvalue weighted by molar-refractivity contribution is 8.15. The van der Waals surface area contributed by atoms with E-state index in [1.807, 2.05) is 0 Å². The molecule has 3 nitrogen and oxygen atoms in total. The fourth-order valence-electron chi connectivity index (χ4n) is 1.84. The molecule has 1 aromatic carbocycles. The van der Waals surface area contributed by atoms with E-state index >= 15 is 0 Å². The van der Waals surface area contributed by atoms with Crippen molar-refractivity contribution in [3.05, 3.63) is 27.2 Å². The molecular weight excluding hydrogens is 351 g/mol. The van der Waals surface area contributed by atoms with Crippen LogP contribution in [0.15, 0.2) is 17.1 Å². The van der Waals surface area contributed by atoms with Gasteiger partial charge in [-0.15, -0.1) is 0 Å². The quantitative estimate of drug-likeness (QED) is 0.729. The number of carbonyl (C=O) groups excluding carboxylic acids is 1. The predicted octanol–water partition coefficient (Wildman–Crippen LogP) is 5.26. The number of carbonyl (C=O) groups is 1. The molecule has 1 aliphatic rings. The van der Waals surface area contributed by atoms with Crippen molar-refractivity contribution in [2.24, 2.45) is 10.9 Å². The summed E-state index contributed by atoms with van der Waals surface area (Å²) in [6, 6.07) is 3.18. The van der Waals surface area contributed by atoms with Crippen LogP contribution in [-0.4, -0.2) is 28.3 Å². The number of amidine groups is 1. The molecule has 0 aromatic heterocycles. The highest BCUT2D eigenvalue weighted by Gasteiger charge is 2.29. The molecule has 0 radical (unpaired) electrons. The number of amides is 1. The summed E-state index contributed by atoms with van der Waals surface area (Å²) in [7, 11) is 0. The number of halogens is 3. The van der Waals surface area contributed by atoms with E-state index in [1.165, 1.54) is 11.8 Å². The largest absolute Gasteiger partial charge is 0.290 e. The van der Waals surface area contributed by atoms with Gasteiger partial charge in [-0.1, -0.05) is 66.8 Å². The van der Waals surface area contributed by atoms with Crippen molar-refractivity contribution in [3.63, 3.8) is 0 Å². The summed E-state index contributed by atoms with van der Waals surface area (Å²) < 4.78 is 0. The zero-order chi connectivity index (χ0) is 15.6. The van der Waals surface area contributed by atoms with E-state index in [9.17, 15) is 4.79 Å². The summed E-state index contributed by atoms with van der Waals surface area (Å²) in [5.74, 6) is 0.882. The van der Waals surface area contributed by atoms with Gasteiger partial charge in [-0.3, -0.25) is 9.69 Å². The van der Waals surface area contributed by atoms with Crippen LogP contribution in [-0.2, 0) is 4.79 Å². The van der Waals surface area contributed by atoms with Gasteiger partial charge < -0.3 is 0 Å². The Morgan fingerprint density at radius 2 is 1.95 bits per heavy atom. The molecule has 0 saturated carbocycles. The van der Waals surface area contributed by atoms with Gasteiger partial charge in [0.2, 0.25) is 5.91 Å². The van der Waals surface area contributed by atoms with Crippen LogP contribution in [0.3, 0.4) is 0 Å². The molecule has 1 heterocycles. The number of nitrogens with zero attached hydrogens (tertiary/aromatic N) is 2. The molecule has 1 fully saturated rings. The Hall–Kier alpha value is -0.420. The first-order valence-corrected chi connectivity index (χ1v) is 8.70. The lowest BCUT2D eigenvalue weighted by Crippen LogP contribution is -2.33. The van der Waals surface area contributed by atoms with E-state index in [-0.39, 0.29) is 5.91 Å². The molecule has 0 N–H and O–H groups in total. The highest BCUT2D eigenvalue weighted by atomic mass is 35.5. The molecule has 7 heteroatoms. The summed E-state index contributed by atoms with van der Waals surface area (Å²) in [6.45, 7) is 4.86. The molecule has 1 amide bonds. The second-order valence-corrected chi connectivity index (χ2v) is 7.11. The fraction of sp³-hybridized carbons (Fsp3) is 0.429. The van der Waals surface area contributed by atoms with E-state index in [4.69, 9.17) is 34.8 Å². The summed E-state index contributed by atoms with van der Waals surface area (Å²) >= 11 is 19.6. The monoisotopic (exact) mass is 364 g/mol. The third-order valence-electron chi connectivity index (χ3n) is 3.24. The summed E-state index contributed by atoms with van der Waals surface area (Å²) in [5.41, 5.74) is 0.453. The molecule has 0 bridgehead atoms. The van der Waals surface area contributed by atoms with E-state index in [0.29, 0.717) is 44.1 Å². The zero-order valence-electron chi connectivity index (χ0n) is 11.7. The molecular formula is C14H15Cl3N2OS. The van der Waals surface area contributed by atoms with Crippen LogP contribution in [0.4, 0.5) is 5.69 Å². The maximum absolute atomic E-state index is 12.0. The molecule has 114 valence electrons. The fourth-order valence-corrected chi connectivity index (χ4v) is 3.64. The van der Waals surface area contributed by atoms with Gasteiger partial charge >= 0.3 is 0 Å². The van der Waals surface area contributed by atoms with Gasteiger partial charge in [-0.05, 0) is 18.1 Å². The lowest BCUT2D eigenvalue weighted by atomic mass is 10.1. The van der Waals surface area contributed by atoms with E-state index < -0.39 is 0 Å². The molecule has 2 rings (SSSR count). The van der Waals surface area contributed by atoms with Crippen LogP contribution >= 0.6 is 46.6 Å². The Morgan fingerprint density at radius 1 is 1.33 bits per heavy atom. The topological polar surface area (TPSA) is 32.7 Å². The van der Waals surface area contributed by atoms with Gasteiger partial charge in [0, 0.05) is 11.6 Å². The second kappa shape index (κ2) is 7.23.